The van der Waals surface area contributed by atoms with Crippen LogP contribution < -0.4 is 5.32 Å². The average molecular weight is 424 g/mol. The van der Waals surface area contributed by atoms with Crippen LogP contribution in [-0.2, 0) is 11.4 Å². The van der Waals surface area contributed by atoms with E-state index in [4.69, 9.17) is 16.0 Å². The van der Waals surface area contributed by atoms with E-state index >= 15 is 0 Å². The molecule has 1 atom stereocenters. The number of hydrogen-bond acceptors (Lipinski definition) is 5. The Balaban J connectivity index is 1.55. The van der Waals surface area contributed by atoms with Gasteiger partial charge in [0.05, 0.1) is 35.8 Å². The molecule has 4 rings (SSSR count). The van der Waals surface area contributed by atoms with Crippen molar-refractivity contribution in [1.82, 2.24) is 5.01 Å². The summed E-state index contributed by atoms with van der Waals surface area (Å²) in [6, 6.07) is 16.6. The van der Waals surface area contributed by atoms with Crippen molar-refractivity contribution in [2.24, 2.45) is 5.10 Å². The minimum absolute atomic E-state index is 0.0104. The standard InChI is InChI=1S/C23H22ClN3O3/c1-15-4-7-17(8-5-15)19-12-21(22-3-2-10-30-22)27(26-19)23(29)13-25-20-11-16(14-28)6-9-18(20)24/h2-11,21,25,28H,12-14H2,1H3. The van der Waals surface area contributed by atoms with E-state index in [1.807, 2.05) is 37.3 Å². The van der Waals surface area contributed by atoms with E-state index in [0.29, 0.717) is 28.5 Å². The highest BCUT2D eigenvalue weighted by Gasteiger charge is 2.34. The molecule has 3 aromatic rings. The minimum atomic E-state index is -0.301. The highest BCUT2D eigenvalue weighted by Crippen LogP contribution is 2.33. The summed E-state index contributed by atoms with van der Waals surface area (Å²) in [5.41, 5.74) is 4.29. The highest BCUT2D eigenvalue weighted by molar-refractivity contribution is 6.33. The molecule has 154 valence electrons. The molecule has 2 aromatic carbocycles. The maximum Gasteiger partial charge on any atom is 0.262 e. The number of anilines is 1. The first-order valence-corrected chi connectivity index (χ1v) is 10.1. The molecule has 1 aliphatic heterocycles. The second-order valence-corrected chi connectivity index (χ2v) is 7.62. The second kappa shape index (κ2) is 8.73. The number of furan rings is 1. The molecule has 0 saturated carbocycles. The number of benzene rings is 2. The number of aryl methyl sites for hydroxylation is 1. The molecule has 7 heteroatoms. The van der Waals surface area contributed by atoms with Crippen molar-refractivity contribution in [2.75, 3.05) is 11.9 Å². The summed E-state index contributed by atoms with van der Waals surface area (Å²) in [6.07, 6.45) is 2.17. The van der Waals surface area contributed by atoms with Crippen LogP contribution in [0.5, 0.6) is 0 Å². The predicted molar refractivity (Wildman–Crippen MR) is 116 cm³/mol. The lowest BCUT2D eigenvalue weighted by Gasteiger charge is -2.20. The normalized spacial score (nSPS) is 15.9. The molecule has 1 aromatic heterocycles. The van der Waals surface area contributed by atoms with Gasteiger partial charge in [0.15, 0.2) is 0 Å². The van der Waals surface area contributed by atoms with Crippen molar-refractivity contribution in [3.63, 3.8) is 0 Å². The first-order chi connectivity index (χ1) is 14.5. The van der Waals surface area contributed by atoms with E-state index in [-0.39, 0.29) is 25.1 Å². The van der Waals surface area contributed by atoms with Crippen LogP contribution in [0.3, 0.4) is 0 Å². The maximum atomic E-state index is 13.0. The van der Waals surface area contributed by atoms with Crippen molar-refractivity contribution in [1.29, 1.82) is 0 Å². The van der Waals surface area contributed by atoms with E-state index in [2.05, 4.69) is 10.4 Å². The van der Waals surface area contributed by atoms with Gasteiger partial charge in [0.2, 0.25) is 0 Å². The van der Waals surface area contributed by atoms with Gasteiger partial charge in [0.1, 0.15) is 11.8 Å². The maximum absolute atomic E-state index is 13.0. The number of aliphatic hydroxyl groups excluding tert-OH is 1. The van der Waals surface area contributed by atoms with Crippen LogP contribution in [0.25, 0.3) is 0 Å². The monoisotopic (exact) mass is 423 g/mol. The fourth-order valence-corrected chi connectivity index (χ4v) is 3.61. The Morgan fingerprint density at radius 2 is 2.07 bits per heavy atom. The van der Waals surface area contributed by atoms with Gasteiger partial charge in [-0.3, -0.25) is 4.79 Å². The summed E-state index contributed by atoms with van der Waals surface area (Å²) in [6.45, 7) is 1.94. The largest absolute Gasteiger partial charge is 0.467 e. The van der Waals surface area contributed by atoms with Crippen molar-refractivity contribution in [2.45, 2.75) is 26.0 Å². The van der Waals surface area contributed by atoms with Crippen molar-refractivity contribution < 1.29 is 14.3 Å². The summed E-state index contributed by atoms with van der Waals surface area (Å²) < 4.78 is 5.58. The van der Waals surface area contributed by atoms with Crippen LogP contribution in [0.15, 0.2) is 70.4 Å². The zero-order valence-corrected chi connectivity index (χ0v) is 17.3. The van der Waals surface area contributed by atoms with Crippen molar-refractivity contribution in [3.8, 4) is 0 Å². The molecule has 0 aliphatic carbocycles. The molecule has 0 spiro atoms. The molecule has 2 N–H and O–H groups in total. The van der Waals surface area contributed by atoms with Crippen LogP contribution in [0.4, 0.5) is 5.69 Å². The van der Waals surface area contributed by atoms with Crippen molar-refractivity contribution in [3.05, 3.63) is 88.3 Å². The number of halogens is 1. The molecule has 1 aliphatic rings. The second-order valence-electron chi connectivity index (χ2n) is 7.21. The molecular weight excluding hydrogens is 402 g/mol. The Labute approximate surface area is 179 Å². The van der Waals surface area contributed by atoms with Crippen LogP contribution in [0, 0.1) is 6.92 Å². The van der Waals surface area contributed by atoms with Gasteiger partial charge in [-0.1, -0.05) is 47.5 Å². The molecule has 30 heavy (non-hydrogen) atoms. The van der Waals surface area contributed by atoms with E-state index in [0.717, 1.165) is 11.3 Å². The number of nitrogens with zero attached hydrogens (tertiary/aromatic N) is 2. The van der Waals surface area contributed by atoms with Crippen LogP contribution in [0.1, 0.15) is 34.9 Å². The summed E-state index contributed by atoms with van der Waals surface area (Å²) in [5, 5.41) is 19.0. The molecule has 0 fully saturated rings. The van der Waals surface area contributed by atoms with E-state index in [1.54, 1.807) is 30.5 Å². The molecule has 6 nitrogen and oxygen atoms in total. The fourth-order valence-electron chi connectivity index (χ4n) is 3.42. The van der Waals surface area contributed by atoms with Gasteiger partial charge < -0.3 is 14.8 Å². The first kappa shape index (κ1) is 20.2. The number of nitrogens with one attached hydrogen (secondary N) is 1. The van der Waals surface area contributed by atoms with Crippen LogP contribution in [-0.4, -0.2) is 28.3 Å². The number of amides is 1. The Kier molecular flexibility index (Phi) is 5.88. The van der Waals surface area contributed by atoms with Gasteiger partial charge in [0, 0.05) is 6.42 Å². The molecule has 0 saturated heterocycles. The first-order valence-electron chi connectivity index (χ1n) is 9.68. The summed E-state index contributed by atoms with van der Waals surface area (Å²) in [4.78, 5) is 13.0. The third-order valence-corrected chi connectivity index (χ3v) is 5.40. The Morgan fingerprint density at radius 3 is 2.77 bits per heavy atom. The fraction of sp³-hybridized carbons (Fsp3) is 0.217. The van der Waals surface area contributed by atoms with Gasteiger partial charge >= 0.3 is 0 Å². The quantitative estimate of drug-likeness (QED) is 0.610. The number of hydrogen-bond donors (Lipinski definition) is 2. The number of rotatable bonds is 6. The minimum Gasteiger partial charge on any atom is -0.467 e. The zero-order chi connectivity index (χ0) is 21.1. The Bertz CT molecular complexity index is 1060. The van der Waals surface area contributed by atoms with E-state index < -0.39 is 0 Å². The van der Waals surface area contributed by atoms with Gasteiger partial charge in [-0.25, -0.2) is 5.01 Å². The van der Waals surface area contributed by atoms with Gasteiger partial charge in [0.25, 0.3) is 5.91 Å². The predicted octanol–water partition coefficient (Wildman–Crippen LogP) is 4.52. The Hall–Kier alpha value is -3.09. The van der Waals surface area contributed by atoms with Gasteiger partial charge in [-0.15, -0.1) is 0 Å². The summed E-state index contributed by atoms with van der Waals surface area (Å²) in [5.74, 6) is 0.485. The topological polar surface area (TPSA) is 78.1 Å². The Morgan fingerprint density at radius 1 is 1.27 bits per heavy atom. The number of aliphatic hydroxyl groups is 1. The number of carbonyl (C=O) groups excluding carboxylic acids is 1. The molecule has 1 unspecified atom stereocenters. The lowest BCUT2D eigenvalue weighted by atomic mass is 10.0. The number of carbonyl (C=O) groups is 1. The highest BCUT2D eigenvalue weighted by atomic mass is 35.5. The van der Waals surface area contributed by atoms with E-state index in [1.165, 1.54) is 10.6 Å². The molecular formula is C23H22ClN3O3. The summed E-state index contributed by atoms with van der Waals surface area (Å²) in [7, 11) is 0. The average Bonchev–Trinajstić information content (AvgIpc) is 3.43. The summed E-state index contributed by atoms with van der Waals surface area (Å²) >= 11 is 6.21. The van der Waals surface area contributed by atoms with Gasteiger partial charge in [-0.2, -0.15) is 5.10 Å². The van der Waals surface area contributed by atoms with Crippen LogP contribution in [0.2, 0.25) is 5.02 Å². The van der Waals surface area contributed by atoms with Crippen molar-refractivity contribution >= 4 is 28.9 Å². The molecule has 2 heterocycles. The third-order valence-electron chi connectivity index (χ3n) is 5.07. The lowest BCUT2D eigenvalue weighted by Crippen LogP contribution is -2.32. The van der Waals surface area contributed by atoms with E-state index in [9.17, 15) is 9.90 Å². The lowest BCUT2D eigenvalue weighted by molar-refractivity contribution is -0.131. The SMILES string of the molecule is Cc1ccc(C2=NN(C(=O)CNc3cc(CO)ccc3Cl)C(c3ccco3)C2)cc1. The van der Waals surface area contributed by atoms with Crippen LogP contribution >= 0.6 is 11.6 Å². The third kappa shape index (κ3) is 4.25. The number of hydrazone groups is 1. The van der Waals surface area contributed by atoms with Gasteiger partial charge in [-0.05, 0) is 42.3 Å². The molecule has 0 radical (unpaired) electrons. The zero-order valence-electron chi connectivity index (χ0n) is 16.5. The molecule has 1 amide bonds. The molecule has 0 bridgehead atoms. The smallest absolute Gasteiger partial charge is 0.262 e.